The van der Waals surface area contributed by atoms with Crippen molar-refractivity contribution >= 4 is 41.5 Å². The second kappa shape index (κ2) is 10.2. The number of carbonyl (C=O) groups excluding carboxylic acids is 3. The lowest BCUT2D eigenvalue weighted by molar-refractivity contribution is -0.131. The van der Waals surface area contributed by atoms with E-state index in [0.29, 0.717) is 18.4 Å². The van der Waals surface area contributed by atoms with Crippen LogP contribution in [0.2, 0.25) is 5.02 Å². The molecule has 0 radical (unpaired) electrons. The Labute approximate surface area is 206 Å². The maximum Gasteiger partial charge on any atom is 0.335 e. The molecule has 2 aliphatic rings. The van der Waals surface area contributed by atoms with Crippen LogP contribution in [0, 0.1) is 0 Å². The number of ether oxygens (including phenoxy) is 2. The number of carboxylic acids is 1. The van der Waals surface area contributed by atoms with Gasteiger partial charge in [0, 0.05) is 6.04 Å². The van der Waals surface area contributed by atoms with Crippen LogP contribution in [-0.4, -0.2) is 47.0 Å². The van der Waals surface area contributed by atoms with Gasteiger partial charge in [0.05, 0.1) is 17.7 Å². The van der Waals surface area contributed by atoms with Gasteiger partial charge in [0.25, 0.3) is 11.8 Å². The third-order valence-electron chi connectivity index (χ3n) is 5.97. The van der Waals surface area contributed by atoms with Crippen molar-refractivity contribution in [1.82, 2.24) is 10.2 Å². The lowest BCUT2D eigenvalue weighted by atomic mass is 10.0. The number of halogens is 1. The highest BCUT2D eigenvalue weighted by Crippen LogP contribution is 2.38. The number of carbonyl (C=O) groups is 4. The number of aromatic carboxylic acids is 1. The fourth-order valence-corrected chi connectivity index (χ4v) is 4.47. The second-order valence-corrected chi connectivity index (χ2v) is 8.66. The van der Waals surface area contributed by atoms with E-state index in [1.807, 2.05) is 0 Å². The Balaban J connectivity index is 1.57. The molecule has 35 heavy (non-hydrogen) atoms. The van der Waals surface area contributed by atoms with Crippen LogP contribution in [0.5, 0.6) is 11.5 Å². The number of benzene rings is 2. The predicted octanol–water partition coefficient (Wildman–Crippen LogP) is 4.03. The Hall–Kier alpha value is -3.85. The first kappa shape index (κ1) is 24.3. The normalized spacial score (nSPS) is 17.6. The number of imide groups is 2. The summed E-state index contributed by atoms with van der Waals surface area (Å²) >= 11 is 6.43. The van der Waals surface area contributed by atoms with Crippen molar-refractivity contribution in [3.63, 3.8) is 0 Å². The summed E-state index contributed by atoms with van der Waals surface area (Å²) in [6.07, 6.45) is 4.64. The van der Waals surface area contributed by atoms with E-state index in [1.54, 1.807) is 18.2 Å². The minimum Gasteiger partial charge on any atom is -0.493 e. The van der Waals surface area contributed by atoms with Crippen molar-refractivity contribution < 1.29 is 33.8 Å². The van der Waals surface area contributed by atoms with Gasteiger partial charge in [-0.05, 0) is 54.3 Å². The fourth-order valence-electron chi connectivity index (χ4n) is 4.19. The zero-order chi connectivity index (χ0) is 25.1. The summed E-state index contributed by atoms with van der Waals surface area (Å²) in [6.45, 7) is 0.107. The van der Waals surface area contributed by atoms with E-state index in [-0.39, 0.29) is 40.3 Å². The Kier molecular flexibility index (Phi) is 7.07. The number of amides is 4. The molecular formula is C25H23ClN2O7. The zero-order valence-electron chi connectivity index (χ0n) is 18.9. The van der Waals surface area contributed by atoms with Gasteiger partial charge in [0.1, 0.15) is 12.2 Å². The zero-order valence-corrected chi connectivity index (χ0v) is 19.6. The van der Waals surface area contributed by atoms with E-state index in [4.69, 9.17) is 26.2 Å². The minimum absolute atomic E-state index is 0.107. The van der Waals surface area contributed by atoms with Crippen molar-refractivity contribution in [2.24, 2.45) is 0 Å². The minimum atomic E-state index is -1.02. The SMILES string of the molecule is COc1cc(/C=C2\C(=O)NC(=O)N(C3CCCC3)C2=O)cc(Cl)c1OCc1ccc(C(=O)O)cc1. The van der Waals surface area contributed by atoms with Crippen molar-refractivity contribution in [3.05, 3.63) is 63.7 Å². The van der Waals surface area contributed by atoms with Gasteiger partial charge in [-0.15, -0.1) is 0 Å². The molecule has 1 saturated heterocycles. The quantitative estimate of drug-likeness (QED) is 0.436. The molecule has 0 aromatic heterocycles. The standard InChI is InChI=1S/C25H23ClN2O7/c1-34-20-12-15(10-18-22(29)27-25(33)28(23(18)30)17-4-2-3-5-17)11-19(26)21(20)35-13-14-6-8-16(9-7-14)24(31)32/h6-12,17H,2-5,13H2,1H3,(H,31,32)(H,27,29,33)/b18-10+. The Morgan fingerprint density at radius 3 is 2.49 bits per heavy atom. The number of urea groups is 1. The van der Waals surface area contributed by atoms with Gasteiger partial charge in [-0.1, -0.05) is 36.6 Å². The van der Waals surface area contributed by atoms with Crippen molar-refractivity contribution in [3.8, 4) is 11.5 Å². The summed E-state index contributed by atoms with van der Waals surface area (Å²) in [5.41, 5.74) is 1.14. The van der Waals surface area contributed by atoms with E-state index in [2.05, 4.69) is 5.32 Å². The third kappa shape index (κ3) is 5.14. The molecule has 2 aromatic rings. The van der Waals surface area contributed by atoms with Crippen LogP contribution in [0.15, 0.2) is 42.0 Å². The molecule has 4 rings (SSSR count). The van der Waals surface area contributed by atoms with E-state index in [1.165, 1.54) is 31.4 Å². The lowest BCUT2D eigenvalue weighted by Gasteiger charge is -2.31. The molecule has 10 heteroatoms. The monoisotopic (exact) mass is 498 g/mol. The molecule has 2 fully saturated rings. The average molecular weight is 499 g/mol. The van der Waals surface area contributed by atoms with Crippen LogP contribution in [0.4, 0.5) is 4.79 Å². The first-order valence-electron chi connectivity index (χ1n) is 11.0. The number of nitrogens with one attached hydrogen (secondary N) is 1. The van der Waals surface area contributed by atoms with Crippen LogP contribution in [0.1, 0.15) is 47.2 Å². The molecule has 2 N–H and O–H groups in total. The van der Waals surface area contributed by atoms with Crippen molar-refractivity contribution in [2.45, 2.75) is 38.3 Å². The fraction of sp³-hybridized carbons (Fsp3) is 0.280. The van der Waals surface area contributed by atoms with Gasteiger partial charge < -0.3 is 14.6 Å². The molecule has 0 bridgehead atoms. The first-order chi connectivity index (χ1) is 16.8. The molecule has 9 nitrogen and oxygen atoms in total. The molecular weight excluding hydrogens is 476 g/mol. The Morgan fingerprint density at radius 1 is 1.17 bits per heavy atom. The average Bonchev–Trinajstić information content (AvgIpc) is 3.35. The van der Waals surface area contributed by atoms with Gasteiger partial charge in [0.15, 0.2) is 11.5 Å². The smallest absolute Gasteiger partial charge is 0.335 e. The summed E-state index contributed by atoms with van der Waals surface area (Å²) < 4.78 is 11.2. The van der Waals surface area contributed by atoms with Gasteiger partial charge in [-0.2, -0.15) is 0 Å². The molecule has 0 spiro atoms. The number of rotatable bonds is 7. The number of methoxy groups -OCH3 is 1. The molecule has 182 valence electrons. The van der Waals surface area contributed by atoms with Crippen LogP contribution >= 0.6 is 11.6 Å². The molecule has 1 heterocycles. The largest absolute Gasteiger partial charge is 0.493 e. The molecule has 2 aromatic carbocycles. The molecule has 1 aliphatic heterocycles. The molecule has 1 saturated carbocycles. The van der Waals surface area contributed by atoms with Gasteiger partial charge >= 0.3 is 12.0 Å². The summed E-state index contributed by atoms with van der Waals surface area (Å²) in [6, 6.07) is 8.38. The topological polar surface area (TPSA) is 122 Å². The van der Waals surface area contributed by atoms with Gasteiger partial charge in [0.2, 0.25) is 0 Å². The highest BCUT2D eigenvalue weighted by molar-refractivity contribution is 6.33. The first-order valence-corrected chi connectivity index (χ1v) is 11.4. The maximum atomic E-state index is 13.0. The van der Waals surface area contributed by atoms with Crippen LogP contribution in [0.3, 0.4) is 0 Å². The predicted molar refractivity (Wildman–Crippen MR) is 126 cm³/mol. The van der Waals surface area contributed by atoms with E-state index in [9.17, 15) is 19.2 Å². The van der Waals surface area contributed by atoms with Crippen LogP contribution < -0.4 is 14.8 Å². The number of nitrogens with zero attached hydrogens (tertiary/aromatic N) is 1. The molecule has 4 amide bonds. The van der Waals surface area contributed by atoms with Gasteiger partial charge in [-0.25, -0.2) is 9.59 Å². The summed E-state index contributed by atoms with van der Waals surface area (Å²) in [5.74, 6) is -1.90. The summed E-state index contributed by atoms with van der Waals surface area (Å²) in [7, 11) is 1.43. The number of hydrogen-bond acceptors (Lipinski definition) is 6. The van der Waals surface area contributed by atoms with E-state index < -0.39 is 23.8 Å². The number of hydrogen-bond donors (Lipinski definition) is 2. The van der Waals surface area contributed by atoms with Crippen LogP contribution in [0.25, 0.3) is 6.08 Å². The van der Waals surface area contributed by atoms with Crippen LogP contribution in [-0.2, 0) is 16.2 Å². The molecule has 0 unspecified atom stereocenters. The number of barbiturate groups is 1. The third-order valence-corrected chi connectivity index (χ3v) is 6.25. The van der Waals surface area contributed by atoms with Crippen molar-refractivity contribution in [2.75, 3.05) is 7.11 Å². The summed E-state index contributed by atoms with van der Waals surface area (Å²) in [5, 5.41) is 11.4. The van der Waals surface area contributed by atoms with Gasteiger partial charge in [-0.3, -0.25) is 19.8 Å². The Morgan fingerprint density at radius 2 is 1.86 bits per heavy atom. The molecule has 0 atom stereocenters. The summed E-state index contributed by atoms with van der Waals surface area (Å²) in [4.78, 5) is 49.9. The highest BCUT2D eigenvalue weighted by atomic mass is 35.5. The Bertz CT molecular complexity index is 1220. The van der Waals surface area contributed by atoms with E-state index >= 15 is 0 Å². The lowest BCUT2D eigenvalue weighted by Crippen LogP contribution is -2.57. The maximum absolute atomic E-state index is 13.0. The number of carboxylic acid groups (broad SMARTS) is 1. The highest BCUT2D eigenvalue weighted by Gasteiger charge is 2.40. The van der Waals surface area contributed by atoms with Crippen molar-refractivity contribution in [1.29, 1.82) is 0 Å². The van der Waals surface area contributed by atoms with E-state index in [0.717, 1.165) is 23.3 Å². The molecule has 1 aliphatic carbocycles. The second-order valence-electron chi connectivity index (χ2n) is 8.26.